The Balaban J connectivity index is 1.91. The quantitative estimate of drug-likeness (QED) is 0.846. The highest BCUT2D eigenvalue weighted by Crippen LogP contribution is 2.42. The van der Waals surface area contributed by atoms with E-state index in [-0.39, 0.29) is 6.54 Å². The van der Waals surface area contributed by atoms with Crippen molar-refractivity contribution >= 4 is 5.97 Å². The van der Waals surface area contributed by atoms with Crippen LogP contribution in [0, 0.1) is 5.41 Å². The highest BCUT2D eigenvalue weighted by molar-refractivity contribution is 5.75. The molecule has 0 unspecified atom stereocenters. The monoisotopic (exact) mass is 260 g/mol. The van der Waals surface area contributed by atoms with Crippen molar-refractivity contribution in [3.63, 3.8) is 0 Å². The van der Waals surface area contributed by atoms with E-state index in [1.54, 1.807) is 18.5 Å². The fraction of sp³-hybridized carbons (Fsp3) is 0.455. The summed E-state index contributed by atoms with van der Waals surface area (Å²) in [7, 11) is 0. The number of aromatic nitrogens is 6. The molecule has 0 amide bonds. The second kappa shape index (κ2) is 4.38. The molecule has 98 valence electrons. The largest absolute Gasteiger partial charge is 0.481 e. The molecule has 19 heavy (non-hydrogen) atoms. The average Bonchev–Trinajstić information content (AvgIpc) is 2.82. The van der Waals surface area contributed by atoms with Crippen LogP contribution in [0.25, 0.3) is 11.4 Å². The summed E-state index contributed by atoms with van der Waals surface area (Å²) >= 11 is 0. The highest BCUT2D eigenvalue weighted by Gasteiger charge is 2.45. The van der Waals surface area contributed by atoms with Crippen molar-refractivity contribution < 1.29 is 9.90 Å². The van der Waals surface area contributed by atoms with Crippen LogP contribution in [0.15, 0.2) is 18.5 Å². The molecule has 1 fully saturated rings. The summed E-state index contributed by atoms with van der Waals surface area (Å²) in [6.07, 6.45) is 5.36. The Bertz CT molecular complexity index is 592. The zero-order valence-corrected chi connectivity index (χ0v) is 10.1. The Morgan fingerprint density at radius 3 is 2.84 bits per heavy atom. The zero-order valence-electron chi connectivity index (χ0n) is 10.1. The number of rotatable bonds is 4. The van der Waals surface area contributed by atoms with E-state index in [2.05, 4.69) is 25.7 Å². The van der Waals surface area contributed by atoms with Crippen LogP contribution in [0.3, 0.4) is 0 Å². The Kier molecular flexibility index (Phi) is 2.69. The molecular formula is C11H12N6O2. The summed E-state index contributed by atoms with van der Waals surface area (Å²) in [5.74, 6) is -0.268. The van der Waals surface area contributed by atoms with Crippen LogP contribution in [0.4, 0.5) is 0 Å². The van der Waals surface area contributed by atoms with E-state index in [4.69, 9.17) is 0 Å². The molecule has 1 saturated carbocycles. The van der Waals surface area contributed by atoms with Crippen LogP contribution in [0.5, 0.6) is 0 Å². The lowest BCUT2D eigenvalue weighted by molar-refractivity contribution is -0.156. The topological polar surface area (TPSA) is 107 Å². The third-order valence-corrected chi connectivity index (χ3v) is 3.59. The van der Waals surface area contributed by atoms with E-state index in [9.17, 15) is 9.90 Å². The highest BCUT2D eigenvalue weighted by atomic mass is 16.4. The van der Waals surface area contributed by atoms with Crippen LogP contribution >= 0.6 is 0 Å². The van der Waals surface area contributed by atoms with Crippen LogP contribution in [0.2, 0.25) is 0 Å². The Hall–Kier alpha value is -2.38. The molecule has 1 N–H and O–H groups in total. The summed E-state index contributed by atoms with van der Waals surface area (Å²) in [6, 6.07) is 1.74. The van der Waals surface area contributed by atoms with Gasteiger partial charge in [-0.05, 0) is 29.3 Å². The van der Waals surface area contributed by atoms with Crippen molar-refractivity contribution in [3.8, 4) is 11.4 Å². The van der Waals surface area contributed by atoms with Crippen LogP contribution in [0.1, 0.15) is 19.3 Å². The van der Waals surface area contributed by atoms with Gasteiger partial charge in [-0.1, -0.05) is 6.42 Å². The summed E-state index contributed by atoms with van der Waals surface area (Å²) in [6.45, 7) is 0.285. The maximum absolute atomic E-state index is 11.4. The molecule has 3 rings (SSSR count). The number of carbonyl (C=O) groups is 1. The molecule has 1 aliphatic carbocycles. The minimum absolute atomic E-state index is 0.285. The standard InChI is InChI=1S/C11H12N6O2/c18-10(19)11(3-1-4-11)7-17-9(14-15-16-17)8-2-5-12-13-6-8/h2,5-6H,1,3-4,7H2,(H,18,19). The second-order valence-corrected chi connectivity index (χ2v) is 4.73. The molecule has 0 saturated heterocycles. The maximum atomic E-state index is 11.4. The molecule has 0 aromatic carbocycles. The molecule has 0 spiro atoms. The predicted octanol–water partition coefficient (Wildman–Crippen LogP) is 0.385. The average molecular weight is 260 g/mol. The lowest BCUT2D eigenvalue weighted by Crippen LogP contribution is -2.42. The lowest BCUT2D eigenvalue weighted by atomic mass is 9.69. The van der Waals surface area contributed by atoms with E-state index in [0.29, 0.717) is 18.7 Å². The molecule has 0 aliphatic heterocycles. The molecule has 1 aliphatic rings. The zero-order chi connectivity index (χ0) is 13.3. The van der Waals surface area contributed by atoms with Gasteiger partial charge in [-0.15, -0.1) is 5.10 Å². The fourth-order valence-corrected chi connectivity index (χ4v) is 2.27. The second-order valence-electron chi connectivity index (χ2n) is 4.73. The number of aliphatic carboxylic acids is 1. The lowest BCUT2D eigenvalue weighted by Gasteiger charge is -2.37. The first-order chi connectivity index (χ1) is 9.21. The first kappa shape index (κ1) is 11.7. The van der Waals surface area contributed by atoms with Crippen molar-refractivity contribution in [2.45, 2.75) is 25.8 Å². The molecule has 8 nitrogen and oxygen atoms in total. The van der Waals surface area contributed by atoms with E-state index < -0.39 is 11.4 Å². The first-order valence-corrected chi connectivity index (χ1v) is 5.98. The predicted molar refractivity (Wildman–Crippen MR) is 62.8 cm³/mol. The molecule has 0 bridgehead atoms. The molecule has 0 atom stereocenters. The molecule has 2 aromatic heterocycles. The van der Waals surface area contributed by atoms with Gasteiger partial charge in [-0.3, -0.25) is 4.79 Å². The third kappa shape index (κ3) is 1.94. The van der Waals surface area contributed by atoms with Gasteiger partial charge in [0.25, 0.3) is 0 Å². The van der Waals surface area contributed by atoms with Gasteiger partial charge in [-0.2, -0.15) is 10.2 Å². The summed E-state index contributed by atoms with van der Waals surface area (Å²) in [4.78, 5) is 11.4. The van der Waals surface area contributed by atoms with Gasteiger partial charge in [0, 0.05) is 5.56 Å². The van der Waals surface area contributed by atoms with E-state index in [1.807, 2.05) is 0 Å². The Labute approximate surface area is 108 Å². The molecule has 0 radical (unpaired) electrons. The number of tetrazole rings is 1. The number of nitrogens with zero attached hydrogens (tertiary/aromatic N) is 6. The molecule has 8 heteroatoms. The van der Waals surface area contributed by atoms with Gasteiger partial charge in [0.1, 0.15) is 0 Å². The molecule has 2 heterocycles. The molecular weight excluding hydrogens is 248 g/mol. The van der Waals surface area contributed by atoms with Crippen molar-refractivity contribution in [1.29, 1.82) is 0 Å². The molecule has 2 aromatic rings. The number of hydrogen-bond acceptors (Lipinski definition) is 6. The van der Waals surface area contributed by atoms with Crippen LogP contribution < -0.4 is 0 Å². The van der Waals surface area contributed by atoms with E-state index in [0.717, 1.165) is 12.0 Å². The van der Waals surface area contributed by atoms with Gasteiger partial charge in [0.2, 0.25) is 0 Å². The van der Waals surface area contributed by atoms with Crippen molar-refractivity contribution in [2.24, 2.45) is 5.41 Å². The van der Waals surface area contributed by atoms with Crippen molar-refractivity contribution in [1.82, 2.24) is 30.4 Å². The Morgan fingerprint density at radius 2 is 2.26 bits per heavy atom. The van der Waals surface area contributed by atoms with Gasteiger partial charge >= 0.3 is 5.97 Å². The van der Waals surface area contributed by atoms with Crippen LogP contribution in [-0.2, 0) is 11.3 Å². The number of carboxylic acid groups (broad SMARTS) is 1. The van der Waals surface area contributed by atoms with Crippen molar-refractivity contribution in [2.75, 3.05) is 0 Å². The maximum Gasteiger partial charge on any atom is 0.311 e. The smallest absolute Gasteiger partial charge is 0.311 e. The SMILES string of the molecule is O=C(O)C1(Cn2nnnc2-c2ccnnc2)CCC1. The van der Waals surface area contributed by atoms with Gasteiger partial charge in [-0.25, -0.2) is 4.68 Å². The van der Waals surface area contributed by atoms with Crippen molar-refractivity contribution in [3.05, 3.63) is 18.5 Å². The van der Waals surface area contributed by atoms with Gasteiger partial charge < -0.3 is 5.11 Å². The minimum Gasteiger partial charge on any atom is -0.481 e. The summed E-state index contributed by atoms with van der Waals surface area (Å²) in [5.41, 5.74) is -0.00946. The first-order valence-electron chi connectivity index (χ1n) is 5.98. The summed E-state index contributed by atoms with van der Waals surface area (Å²) in [5, 5.41) is 28.2. The van der Waals surface area contributed by atoms with E-state index >= 15 is 0 Å². The number of hydrogen-bond donors (Lipinski definition) is 1. The Morgan fingerprint density at radius 1 is 1.42 bits per heavy atom. The normalized spacial score (nSPS) is 16.8. The van der Waals surface area contributed by atoms with Crippen LogP contribution in [-0.4, -0.2) is 41.5 Å². The van der Waals surface area contributed by atoms with Gasteiger partial charge in [0.15, 0.2) is 5.82 Å². The minimum atomic E-state index is -0.784. The van der Waals surface area contributed by atoms with Gasteiger partial charge in [0.05, 0.1) is 24.4 Å². The third-order valence-electron chi connectivity index (χ3n) is 3.59. The summed E-state index contributed by atoms with van der Waals surface area (Å²) < 4.78 is 1.53. The number of carboxylic acids is 1. The van der Waals surface area contributed by atoms with E-state index in [1.165, 1.54) is 4.68 Å². The fourth-order valence-electron chi connectivity index (χ4n) is 2.27.